The molecule has 1 aliphatic rings. The van der Waals surface area contributed by atoms with Gasteiger partial charge in [0.15, 0.2) is 0 Å². The molecule has 1 fully saturated rings. The normalized spacial score (nSPS) is 15.2. The maximum absolute atomic E-state index is 12.8. The molecule has 1 aromatic carbocycles. The van der Waals surface area contributed by atoms with Crippen LogP contribution in [0, 0.1) is 5.82 Å². The first kappa shape index (κ1) is 17.4. The number of morpholine rings is 1. The van der Waals surface area contributed by atoms with Gasteiger partial charge >= 0.3 is 0 Å². The summed E-state index contributed by atoms with van der Waals surface area (Å²) in [5.41, 5.74) is 0.705. The highest BCUT2D eigenvalue weighted by atomic mass is 19.1. The molecule has 1 saturated heterocycles. The van der Waals surface area contributed by atoms with E-state index < -0.39 is 0 Å². The zero-order valence-electron chi connectivity index (χ0n) is 13.0. The number of benzene rings is 1. The van der Waals surface area contributed by atoms with Gasteiger partial charge in [-0.15, -0.1) is 0 Å². The van der Waals surface area contributed by atoms with E-state index in [0.717, 1.165) is 32.8 Å². The standard InChI is InChI=1S/C16H22FN3O3/c17-14-3-1-13(2-4-14)11-15(21)19-12-16(22)18-5-6-20-7-9-23-10-8-20/h1-4H,5-12H2,(H,18,22)(H,19,21). The predicted molar refractivity (Wildman–Crippen MR) is 83.4 cm³/mol. The Morgan fingerprint density at radius 2 is 1.78 bits per heavy atom. The summed E-state index contributed by atoms with van der Waals surface area (Å²) in [5.74, 6) is -0.820. The molecule has 0 bridgehead atoms. The van der Waals surface area contributed by atoms with Crippen LogP contribution in [0.1, 0.15) is 5.56 Å². The molecule has 6 nitrogen and oxygen atoms in total. The Labute approximate surface area is 135 Å². The van der Waals surface area contributed by atoms with E-state index in [2.05, 4.69) is 15.5 Å². The van der Waals surface area contributed by atoms with Crippen molar-refractivity contribution in [1.82, 2.24) is 15.5 Å². The van der Waals surface area contributed by atoms with Crippen LogP contribution in [0.4, 0.5) is 4.39 Å². The van der Waals surface area contributed by atoms with E-state index in [1.54, 1.807) is 12.1 Å². The number of halogens is 1. The summed E-state index contributed by atoms with van der Waals surface area (Å²) in [4.78, 5) is 25.6. The maximum Gasteiger partial charge on any atom is 0.239 e. The average Bonchev–Trinajstić information content (AvgIpc) is 2.56. The Morgan fingerprint density at radius 1 is 1.09 bits per heavy atom. The third-order valence-corrected chi connectivity index (χ3v) is 3.58. The first-order chi connectivity index (χ1) is 11.1. The van der Waals surface area contributed by atoms with Crippen LogP contribution in [0.2, 0.25) is 0 Å². The summed E-state index contributed by atoms with van der Waals surface area (Å²) < 4.78 is 18.0. The summed E-state index contributed by atoms with van der Waals surface area (Å²) in [5, 5.41) is 5.33. The smallest absolute Gasteiger partial charge is 0.239 e. The number of hydrogen-bond donors (Lipinski definition) is 2. The Hall–Kier alpha value is -1.99. The van der Waals surface area contributed by atoms with Crippen molar-refractivity contribution in [2.75, 3.05) is 45.9 Å². The summed E-state index contributed by atoms with van der Waals surface area (Å²) in [6.45, 7) is 4.49. The third-order valence-electron chi connectivity index (χ3n) is 3.58. The fourth-order valence-electron chi connectivity index (χ4n) is 2.27. The molecule has 0 aliphatic carbocycles. The van der Waals surface area contributed by atoms with E-state index in [4.69, 9.17) is 4.74 Å². The van der Waals surface area contributed by atoms with E-state index in [0.29, 0.717) is 12.1 Å². The Morgan fingerprint density at radius 3 is 2.48 bits per heavy atom. The van der Waals surface area contributed by atoms with Crippen LogP contribution in [-0.4, -0.2) is 62.7 Å². The highest BCUT2D eigenvalue weighted by molar-refractivity contribution is 5.85. The zero-order chi connectivity index (χ0) is 16.5. The second kappa shape index (κ2) is 9.22. The molecule has 2 amide bonds. The van der Waals surface area contributed by atoms with E-state index in [-0.39, 0.29) is 30.6 Å². The van der Waals surface area contributed by atoms with Crippen molar-refractivity contribution in [3.05, 3.63) is 35.6 Å². The van der Waals surface area contributed by atoms with E-state index in [9.17, 15) is 14.0 Å². The zero-order valence-corrected chi connectivity index (χ0v) is 13.0. The molecule has 1 heterocycles. The Balaban J connectivity index is 1.58. The van der Waals surface area contributed by atoms with Crippen LogP contribution in [0.15, 0.2) is 24.3 Å². The SMILES string of the molecule is O=C(CNC(=O)Cc1ccc(F)cc1)NCCN1CCOCC1. The van der Waals surface area contributed by atoms with Gasteiger partial charge in [0.1, 0.15) is 5.82 Å². The number of carbonyl (C=O) groups is 2. The lowest BCUT2D eigenvalue weighted by Gasteiger charge is -2.26. The van der Waals surface area contributed by atoms with Crippen LogP contribution >= 0.6 is 0 Å². The highest BCUT2D eigenvalue weighted by Crippen LogP contribution is 2.03. The molecule has 2 N–H and O–H groups in total. The van der Waals surface area contributed by atoms with Crippen molar-refractivity contribution in [3.63, 3.8) is 0 Å². The second-order valence-corrected chi connectivity index (χ2v) is 5.38. The molecule has 0 spiro atoms. The Bertz CT molecular complexity index is 516. The number of nitrogens with one attached hydrogen (secondary N) is 2. The largest absolute Gasteiger partial charge is 0.379 e. The minimum absolute atomic E-state index is 0.0524. The van der Waals surface area contributed by atoms with E-state index >= 15 is 0 Å². The van der Waals surface area contributed by atoms with Crippen LogP contribution < -0.4 is 10.6 Å². The molecule has 0 saturated carbocycles. The van der Waals surface area contributed by atoms with Crippen molar-refractivity contribution < 1.29 is 18.7 Å². The fraction of sp³-hybridized carbons (Fsp3) is 0.500. The third kappa shape index (κ3) is 6.75. The van der Waals surface area contributed by atoms with Crippen LogP contribution in [0.3, 0.4) is 0 Å². The van der Waals surface area contributed by atoms with E-state index in [1.807, 2.05) is 0 Å². The molecule has 23 heavy (non-hydrogen) atoms. The molecule has 0 radical (unpaired) electrons. The van der Waals surface area contributed by atoms with Crippen molar-refractivity contribution in [3.8, 4) is 0 Å². The summed E-state index contributed by atoms with van der Waals surface area (Å²) >= 11 is 0. The molecule has 0 unspecified atom stereocenters. The number of amides is 2. The molecule has 1 aromatic rings. The van der Waals surface area contributed by atoms with Crippen LogP contribution in [-0.2, 0) is 20.7 Å². The summed E-state index contributed by atoms with van der Waals surface area (Å²) in [6, 6.07) is 5.72. The molecule has 1 aliphatic heterocycles. The second-order valence-electron chi connectivity index (χ2n) is 5.38. The van der Waals surface area contributed by atoms with Gasteiger partial charge in [0.05, 0.1) is 26.2 Å². The van der Waals surface area contributed by atoms with Crippen molar-refractivity contribution in [2.45, 2.75) is 6.42 Å². The monoisotopic (exact) mass is 323 g/mol. The highest BCUT2D eigenvalue weighted by Gasteiger charge is 2.10. The molecular weight excluding hydrogens is 301 g/mol. The van der Waals surface area contributed by atoms with Gasteiger partial charge in [0, 0.05) is 26.2 Å². The first-order valence-corrected chi connectivity index (χ1v) is 7.71. The Kier molecular flexibility index (Phi) is 6.96. The van der Waals surface area contributed by atoms with Gasteiger partial charge < -0.3 is 15.4 Å². The van der Waals surface area contributed by atoms with Gasteiger partial charge in [-0.05, 0) is 17.7 Å². The number of nitrogens with zero attached hydrogens (tertiary/aromatic N) is 1. The molecule has 126 valence electrons. The van der Waals surface area contributed by atoms with Gasteiger partial charge in [-0.3, -0.25) is 14.5 Å². The average molecular weight is 323 g/mol. The van der Waals surface area contributed by atoms with Crippen molar-refractivity contribution in [1.29, 1.82) is 0 Å². The molecule has 0 aromatic heterocycles. The summed E-state index contributed by atoms with van der Waals surface area (Å²) in [6.07, 6.45) is 0.126. The molecule has 7 heteroatoms. The number of hydrogen-bond acceptors (Lipinski definition) is 4. The molecular formula is C16H22FN3O3. The minimum atomic E-state index is -0.339. The van der Waals surface area contributed by atoms with Crippen LogP contribution in [0.25, 0.3) is 0 Å². The minimum Gasteiger partial charge on any atom is -0.379 e. The quantitative estimate of drug-likeness (QED) is 0.737. The van der Waals surface area contributed by atoms with Crippen molar-refractivity contribution in [2.24, 2.45) is 0 Å². The van der Waals surface area contributed by atoms with Gasteiger partial charge in [-0.1, -0.05) is 12.1 Å². The lowest BCUT2D eigenvalue weighted by Crippen LogP contribution is -2.43. The van der Waals surface area contributed by atoms with E-state index in [1.165, 1.54) is 12.1 Å². The van der Waals surface area contributed by atoms with Gasteiger partial charge in [-0.25, -0.2) is 4.39 Å². The number of rotatable bonds is 7. The predicted octanol–water partition coefficient (Wildman–Crippen LogP) is -0.0672. The topological polar surface area (TPSA) is 70.7 Å². The summed E-state index contributed by atoms with van der Waals surface area (Å²) in [7, 11) is 0. The lowest BCUT2D eigenvalue weighted by atomic mass is 10.1. The number of carbonyl (C=O) groups excluding carboxylic acids is 2. The van der Waals surface area contributed by atoms with Crippen LogP contribution in [0.5, 0.6) is 0 Å². The first-order valence-electron chi connectivity index (χ1n) is 7.71. The lowest BCUT2D eigenvalue weighted by molar-refractivity contribution is -0.125. The van der Waals surface area contributed by atoms with Gasteiger partial charge in [0.25, 0.3) is 0 Å². The molecule has 2 rings (SSSR count). The number of ether oxygens (including phenoxy) is 1. The maximum atomic E-state index is 12.8. The van der Waals surface area contributed by atoms with Gasteiger partial charge in [-0.2, -0.15) is 0 Å². The van der Waals surface area contributed by atoms with Gasteiger partial charge in [0.2, 0.25) is 11.8 Å². The van der Waals surface area contributed by atoms with Crippen molar-refractivity contribution >= 4 is 11.8 Å². The fourth-order valence-corrected chi connectivity index (χ4v) is 2.27. The molecule has 0 atom stereocenters.